The Morgan fingerprint density at radius 2 is 0.900 bits per heavy atom. The maximum Gasteiger partial charge on any atom is 0.348 e. The third-order valence-corrected chi connectivity index (χ3v) is 7.73. The molecule has 0 aliphatic heterocycles. The molecule has 4 atom stereocenters. The number of phosphoric acid groups is 3. The van der Waals surface area contributed by atoms with Crippen molar-refractivity contribution in [3.05, 3.63) is 37.2 Å². The molecule has 0 aromatic heterocycles. The zero-order valence-electron chi connectivity index (χ0n) is 14.0. The standard InChI is InChI=1S/C2H7O9P3.C2H6O6P2.C2H5O3P/c1-2-12(3,4)10-14(8,9)11-13(5,6)7;1-2-9(3,4)8-10(5,6)7;1-2-6(3,4)5/h2H,1H2,(H,3,4)(H,8,9)(H2,5,6,7);2H,1H2,(H,3,4)(H2,5,6,7);2H,1H2,(H2,3,4,5)/p-6. The summed E-state index contributed by atoms with van der Waals surface area (Å²) in [6.45, 7) is 8.27. The lowest BCUT2D eigenvalue weighted by molar-refractivity contribution is -0.337. The minimum Gasteiger partial charge on any atom is -0.790 e. The summed E-state index contributed by atoms with van der Waals surface area (Å²) < 4.78 is 69.5. The van der Waals surface area contributed by atoms with Gasteiger partial charge >= 0.3 is 7.60 Å². The van der Waals surface area contributed by atoms with E-state index in [1.54, 1.807) is 0 Å². The third-order valence-electron chi connectivity index (χ3n) is 1.32. The summed E-state index contributed by atoms with van der Waals surface area (Å²) in [6, 6.07) is 0. The molecule has 0 fully saturated rings. The van der Waals surface area contributed by atoms with Gasteiger partial charge in [-0.2, -0.15) is 0 Å². The molecule has 0 bridgehead atoms. The van der Waals surface area contributed by atoms with Crippen LogP contribution in [0.5, 0.6) is 0 Å². The smallest absolute Gasteiger partial charge is 0.348 e. The van der Waals surface area contributed by atoms with Gasteiger partial charge in [0.1, 0.15) is 0 Å². The summed E-state index contributed by atoms with van der Waals surface area (Å²) in [5.74, 6) is 0.983. The number of rotatable bonds is 9. The second-order valence-electron chi connectivity index (χ2n) is 3.82. The Balaban J connectivity index is -0.000000397. The molecule has 0 spiro atoms. The van der Waals surface area contributed by atoms with Crippen molar-refractivity contribution in [1.29, 1.82) is 0 Å². The summed E-state index contributed by atoms with van der Waals surface area (Å²) >= 11 is 0. The van der Waals surface area contributed by atoms with E-state index in [1.807, 2.05) is 0 Å². The first-order chi connectivity index (χ1) is 12.8. The largest absolute Gasteiger partial charge is 0.790 e. The van der Waals surface area contributed by atoms with E-state index >= 15 is 0 Å². The minimum atomic E-state index is -5.67. The van der Waals surface area contributed by atoms with Crippen molar-refractivity contribution >= 4 is 46.3 Å². The molecular weight excluding hydrogens is 546 g/mol. The highest BCUT2D eigenvalue weighted by Gasteiger charge is 2.21. The summed E-state index contributed by atoms with van der Waals surface area (Å²) in [5, 5.41) is 0. The predicted octanol–water partition coefficient (Wildman–Crippen LogP) is -2.52. The lowest BCUT2D eigenvalue weighted by atomic mass is 11.3. The molecule has 0 aliphatic rings. The SMILES string of the molecule is C=CP(=O)(O)O.C=CP(=O)([O-])OP(=O)([O-])OP(=O)([O-])O.C=CP(=O)([O-])OP(=O)([O-])[O-]. The van der Waals surface area contributed by atoms with Crippen molar-refractivity contribution in [2.75, 3.05) is 0 Å². The Kier molecular flexibility index (Phi) is 15.0. The zero-order valence-corrected chi connectivity index (χ0v) is 19.4. The van der Waals surface area contributed by atoms with E-state index in [2.05, 4.69) is 32.7 Å². The molecule has 0 saturated carbocycles. The van der Waals surface area contributed by atoms with E-state index in [0.717, 1.165) is 0 Å². The summed E-state index contributed by atoms with van der Waals surface area (Å²) in [6.07, 6.45) is 0. The molecule has 0 radical (unpaired) electrons. The highest BCUT2D eigenvalue weighted by molar-refractivity contribution is 7.68. The molecule has 30 heavy (non-hydrogen) atoms. The van der Waals surface area contributed by atoms with Gasteiger partial charge in [-0.15, -0.1) is 0 Å². The summed E-state index contributed by atoms with van der Waals surface area (Å²) in [4.78, 5) is 83.8. The summed E-state index contributed by atoms with van der Waals surface area (Å²) in [7, 11) is -30.2. The molecule has 0 aromatic carbocycles. The number of hydrogen-bond donors (Lipinski definition) is 3. The van der Waals surface area contributed by atoms with Crippen LogP contribution in [0.15, 0.2) is 37.2 Å². The molecular formula is C6H12O18P6-6. The molecule has 0 aliphatic carbocycles. The van der Waals surface area contributed by atoms with Gasteiger partial charge in [-0.1, -0.05) is 19.7 Å². The van der Waals surface area contributed by atoms with Crippen LogP contribution in [-0.4, -0.2) is 14.7 Å². The minimum absolute atomic E-state index is 0.133. The van der Waals surface area contributed by atoms with Crippen molar-refractivity contribution in [1.82, 2.24) is 0 Å². The van der Waals surface area contributed by atoms with Crippen molar-refractivity contribution in [3.63, 3.8) is 0 Å². The van der Waals surface area contributed by atoms with E-state index in [1.165, 1.54) is 0 Å². The van der Waals surface area contributed by atoms with Crippen LogP contribution in [0.1, 0.15) is 0 Å². The Morgan fingerprint density at radius 1 is 0.600 bits per heavy atom. The summed E-state index contributed by atoms with van der Waals surface area (Å²) in [5.41, 5.74) is 0. The van der Waals surface area contributed by atoms with E-state index in [4.69, 9.17) is 14.7 Å². The van der Waals surface area contributed by atoms with Gasteiger partial charge in [0.05, 0.1) is 7.82 Å². The highest BCUT2D eigenvalue weighted by atomic mass is 31.3. The zero-order chi connectivity index (χ0) is 25.2. The van der Waals surface area contributed by atoms with E-state index in [-0.39, 0.29) is 11.6 Å². The van der Waals surface area contributed by atoms with Gasteiger partial charge in [0.2, 0.25) is 0 Å². The Hall–Kier alpha value is 0.120. The molecule has 0 amide bonds. The normalized spacial score (nSPS) is 19.5. The first kappa shape index (κ1) is 34.7. The van der Waals surface area contributed by atoms with Crippen LogP contribution >= 0.6 is 46.3 Å². The molecule has 24 heteroatoms. The maximum atomic E-state index is 10.5. The fourth-order valence-electron chi connectivity index (χ4n) is 0.487. The van der Waals surface area contributed by atoms with Crippen LogP contribution in [-0.2, 0) is 40.3 Å². The van der Waals surface area contributed by atoms with Crippen molar-refractivity contribution in [3.8, 4) is 0 Å². The van der Waals surface area contributed by atoms with Gasteiger partial charge < -0.3 is 62.0 Å². The monoisotopic (exact) mass is 558 g/mol. The van der Waals surface area contributed by atoms with Crippen molar-refractivity contribution in [2.45, 2.75) is 0 Å². The van der Waals surface area contributed by atoms with E-state index in [0.29, 0.717) is 5.82 Å². The average molecular weight is 558 g/mol. The van der Waals surface area contributed by atoms with Crippen LogP contribution in [0.25, 0.3) is 0 Å². The van der Waals surface area contributed by atoms with Crippen LogP contribution in [0.2, 0.25) is 0 Å². The van der Waals surface area contributed by atoms with Gasteiger partial charge in [0, 0.05) is 5.82 Å². The Morgan fingerprint density at radius 3 is 1.07 bits per heavy atom. The molecule has 0 saturated heterocycles. The lowest BCUT2D eigenvalue weighted by Crippen LogP contribution is -2.17. The van der Waals surface area contributed by atoms with Gasteiger partial charge in [-0.05, 0) is 11.6 Å². The third kappa shape index (κ3) is 28.1. The molecule has 0 aromatic rings. The van der Waals surface area contributed by atoms with Crippen LogP contribution in [0, 0.1) is 0 Å². The molecule has 4 unspecified atom stereocenters. The van der Waals surface area contributed by atoms with Crippen LogP contribution < -0.4 is 29.4 Å². The van der Waals surface area contributed by atoms with Gasteiger partial charge in [0.25, 0.3) is 15.6 Å². The van der Waals surface area contributed by atoms with Gasteiger partial charge in [0.15, 0.2) is 15.2 Å². The van der Waals surface area contributed by atoms with Crippen LogP contribution in [0.4, 0.5) is 0 Å². The molecule has 180 valence electrons. The van der Waals surface area contributed by atoms with Gasteiger partial charge in [-0.25, -0.2) is 4.31 Å². The molecule has 3 N–H and O–H groups in total. The van der Waals surface area contributed by atoms with Crippen molar-refractivity contribution in [2.24, 2.45) is 0 Å². The van der Waals surface area contributed by atoms with E-state index in [9.17, 15) is 56.8 Å². The Bertz CT molecular complexity index is 870. The second-order valence-corrected chi connectivity index (χ2v) is 12.9. The fourth-order valence-corrected chi connectivity index (χ4v) is 4.65. The highest BCUT2D eigenvalue weighted by Crippen LogP contribution is 2.61. The van der Waals surface area contributed by atoms with Crippen LogP contribution in [0.3, 0.4) is 0 Å². The first-order valence-electron chi connectivity index (χ1n) is 5.89. The quantitative estimate of drug-likeness (QED) is 0.246. The Labute approximate surface area is 168 Å². The average Bonchev–Trinajstić information content (AvgIpc) is 2.41. The lowest BCUT2D eigenvalue weighted by Gasteiger charge is -2.34. The fraction of sp³-hybridized carbons (Fsp3) is 0. The second kappa shape index (κ2) is 13.0. The van der Waals surface area contributed by atoms with Crippen molar-refractivity contribution < 1.29 is 84.4 Å². The maximum absolute atomic E-state index is 10.5. The molecule has 0 rings (SSSR count). The van der Waals surface area contributed by atoms with E-state index < -0.39 is 46.3 Å². The number of hydrogen-bond acceptors (Lipinski definition) is 15. The van der Waals surface area contributed by atoms with Gasteiger partial charge in [-0.3, -0.25) is 18.0 Å². The predicted molar refractivity (Wildman–Crippen MR) is 86.1 cm³/mol. The first-order valence-corrected chi connectivity index (χ1v) is 15.2. The topological polar surface area (TPSA) is 329 Å². The molecule has 0 heterocycles. The molecule has 18 nitrogen and oxygen atoms in total.